The van der Waals surface area contributed by atoms with Crippen molar-refractivity contribution in [2.75, 3.05) is 11.1 Å². The highest BCUT2D eigenvalue weighted by Crippen LogP contribution is 2.30. The fourth-order valence-corrected chi connectivity index (χ4v) is 3.76. The molecule has 0 aliphatic rings. The van der Waals surface area contributed by atoms with E-state index in [4.69, 9.17) is 32.0 Å². The van der Waals surface area contributed by atoms with Crippen molar-refractivity contribution >= 4 is 46.6 Å². The number of carbonyl (C=O) groups is 1. The van der Waals surface area contributed by atoms with Gasteiger partial charge in [0.05, 0.1) is 23.2 Å². The molecule has 10 heteroatoms. The number of hydrogen-bond donors (Lipinski definition) is 1. The van der Waals surface area contributed by atoms with Gasteiger partial charge >= 0.3 is 0 Å². The van der Waals surface area contributed by atoms with Crippen molar-refractivity contribution < 1.29 is 13.6 Å². The molecule has 0 spiro atoms. The summed E-state index contributed by atoms with van der Waals surface area (Å²) in [7, 11) is 0. The zero-order valence-corrected chi connectivity index (χ0v) is 17.7. The molecular weight excluding hydrogens is 447 g/mol. The molecule has 0 bridgehead atoms. The van der Waals surface area contributed by atoms with E-state index in [9.17, 15) is 4.79 Å². The summed E-state index contributed by atoms with van der Waals surface area (Å²) in [6, 6.07) is 12.0. The van der Waals surface area contributed by atoms with Crippen LogP contribution in [0.5, 0.6) is 0 Å². The number of nitrogens with one attached hydrogen (secondary N) is 1. The molecule has 0 saturated heterocycles. The predicted molar refractivity (Wildman–Crippen MR) is 116 cm³/mol. The molecule has 0 aliphatic carbocycles. The molecule has 30 heavy (non-hydrogen) atoms. The molecule has 1 amide bonds. The second kappa shape index (κ2) is 9.34. The minimum Gasteiger partial charge on any atom is -0.463 e. The van der Waals surface area contributed by atoms with E-state index in [-0.39, 0.29) is 12.3 Å². The molecule has 152 valence electrons. The molecule has 0 unspecified atom stereocenters. The molecule has 0 atom stereocenters. The first-order chi connectivity index (χ1) is 14.6. The van der Waals surface area contributed by atoms with Crippen LogP contribution in [0.4, 0.5) is 5.69 Å². The topological polar surface area (TPSA) is 94.0 Å². The van der Waals surface area contributed by atoms with Crippen molar-refractivity contribution in [2.24, 2.45) is 0 Å². The van der Waals surface area contributed by atoms with Gasteiger partial charge in [0.25, 0.3) is 0 Å². The zero-order chi connectivity index (χ0) is 20.9. The van der Waals surface area contributed by atoms with Gasteiger partial charge < -0.3 is 14.2 Å². The highest BCUT2D eigenvalue weighted by atomic mass is 35.5. The summed E-state index contributed by atoms with van der Waals surface area (Å²) in [5.74, 6) is 1.36. The average Bonchev–Trinajstić information content (AvgIpc) is 3.44. The van der Waals surface area contributed by atoms with Gasteiger partial charge in [0.15, 0.2) is 17.2 Å². The fourth-order valence-electron chi connectivity index (χ4n) is 2.58. The summed E-state index contributed by atoms with van der Waals surface area (Å²) in [5, 5.41) is 12.5. The Morgan fingerprint density at radius 1 is 1.00 bits per heavy atom. The molecule has 1 aromatic carbocycles. The van der Waals surface area contributed by atoms with E-state index in [0.717, 1.165) is 0 Å². The minimum absolute atomic E-state index is 0.182. The van der Waals surface area contributed by atoms with E-state index < -0.39 is 0 Å². The van der Waals surface area contributed by atoms with Crippen LogP contribution in [0.15, 0.2) is 69.0 Å². The number of rotatable bonds is 7. The Morgan fingerprint density at radius 2 is 1.73 bits per heavy atom. The normalized spacial score (nSPS) is 10.9. The highest BCUT2D eigenvalue weighted by Gasteiger charge is 2.18. The number of halogens is 2. The van der Waals surface area contributed by atoms with Crippen molar-refractivity contribution in [3.63, 3.8) is 0 Å². The van der Waals surface area contributed by atoms with Crippen molar-refractivity contribution in [3.8, 4) is 22.9 Å². The van der Waals surface area contributed by atoms with Gasteiger partial charge in [0.1, 0.15) is 5.69 Å². The molecule has 4 rings (SSSR count). The number of furan rings is 2. The zero-order valence-electron chi connectivity index (χ0n) is 15.3. The number of benzene rings is 1. The first-order valence-electron chi connectivity index (χ1n) is 8.80. The summed E-state index contributed by atoms with van der Waals surface area (Å²) in [6.45, 7) is 0. The number of aromatic nitrogens is 3. The lowest BCUT2D eigenvalue weighted by atomic mass is 10.2. The standard InChI is InChI=1S/C20H14Cl2N4O3S/c21-12-5-6-14(13(22)11-12)23-17(27)7-10-30-20-24-18(15-3-1-8-28-15)19(25-26-20)16-4-2-9-29-16/h1-6,8-9,11H,7,10H2,(H,23,27). The Kier molecular flexibility index (Phi) is 6.37. The van der Waals surface area contributed by atoms with Crippen LogP contribution in [0.2, 0.25) is 10.0 Å². The van der Waals surface area contributed by atoms with Crippen LogP contribution in [0, 0.1) is 0 Å². The smallest absolute Gasteiger partial charge is 0.225 e. The van der Waals surface area contributed by atoms with E-state index in [2.05, 4.69) is 20.5 Å². The Bertz CT molecular complexity index is 1150. The Morgan fingerprint density at radius 3 is 2.40 bits per heavy atom. The van der Waals surface area contributed by atoms with Gasteiger partial charge in [0.2, 0.25) is 11.1 Å². The maximum Gasteiger partial charge on any atom is 0.225 e. The maximum atomic E-state index is 12.2. The average molecular weight is 461 g/mol. The minimum atomic E-state index is -0.182. The van der Waals surface area contributed by atoms with E-state index in [0.29, 0.717) is 49.6 Å². The van der Waals surface area contributed by atoms with E-state index in [1.54, 1.807) is 55.0 Å². The molecule has 3 aromatic heterocycles. The van der Waals surface area contributed by atoms with Gasteiger partial charge in [-0.05, 0) is 42.5 Å². The van der Waals surface area contributed by atoms with Gasteiger partial charge in [-0.2, -0.15) is 0 Å². The Hall–Kier alpha value is -2.81. The molecule has 0 radical (unpaired) electrons. The lowest BCUT2D eigenvalue weighted by molar-refractivity contribution is -0.115. The van der Waals surface area contributed by atoms with Crippen molar-refractivity contribution in [3.05, 3.63) is 65.0 Å². The molecule has 0 saturated carbocycles. The molecular formula is C20H14Cl2N4O3S. The summed E-state index contributed by atoms with van der Waals surface area (Å²) < 4.78 is 10.9. The summed E-state index contributed by atoms with van der Waals surface area (Å²) >= 11 is 13.3. The maximum absolute atomic E-state index is 12.2. The van der Waals surface area contributed by atoms with Crippen molar-refractivity contribution in [2.45, 2.75) is 11.6 Å². The van der Waals surface area contributed by atoms with E-state index in [1.807, 2.05) is 0 Å². The van der Waals surface area contributed by atoms with Crippen LogP contribution in [-0.4, -0.2) is 26.8 Å². The number of amides is 1. The Labute approximate surface area is 185 Å². The number of hydrogen-bond acceptors (Lipinski definition) is 7. The number of nitrogens with zero attached hydrogens (tertiary/aromatic N) is 3. The van der Waals surface area contributed by atoms with Gasteiger partial charge in [-0.1, -0.05) is 35.0 Å². The number of anilines is 1. The van der Waals surface area contributed by atoms with Gasteiger partial charge in [0, 0.05) is 17.2 Å². The highest BCUT2D eigenvalue weighted by molar-refractivity contribution is 7.99. The third-order valence-electron chi connectivity index (χ3n) is 3.94. The van der Waals surface area contributed by atoms with Crippen LogP contribution < -0.4 is 5.32 Å². The second-order valence-corrected chi connectivity index (χ2v) is 7.92. The largest absolute Gasteiger partial charge is 0.463 e. The van der Waals surface area contributed by atoms with Crippen LogP contribution in [0.25, 0.3) is 22.9 Å². The molecule has 3 heterocycles. The second-order valence-electron chi connectivity index (χ2n) is 6.02. The van der Waals surface area contributed by atoms with Gasteiger partial charge in [-0.3, -0.25) is 4.79 Å². The molecule has 4 aromatic rings. The monoisotopic (exact) mass is 460 g/mol. The van der Waals surface area contributed by atoms with Crippen LogP contribution in [0.1, 0.15) is 6.42 Å². The molecule has 1 N–H and O–H groups in total. The third kappa shape index (κ3) is 4.84. The molecule has 0 fully saturated rings. The summed E-state index contributed by atoms with van der Waals surface area (Å²) in [5.41, 5.74) is 1.51. The van der Waals surface area contributed by atoms with Crippen molar-refractivity contribution in [1.29, 1.82) is 0 Å². The lowest BCUT2D eigenvalue weighted by Gasteiger charge is -2.08. The van der Waals surface area contributed by atoms with Crippen molar-refractivity contribution in [1.82, 2.24) is 15.2 Å². The van der Waals surface area contributed by atoms with Crippen LogP contribution in [0.3, 0.4) is 0 Å². The quantitative estimate of drug-likeness (QED) is 0.347. The van der Waals surface area contributed by atoms with E-state index in [1.165, 1.54) is 11.8 Å². The molecule has 7 nitrogen and oxygen atoms in total. The SMILES string of the molecule is O=C(CCSc1nnc(-c2ccco2)c(-c2ccco2)n1)Nc1ccc(Cl)cc1Cl. The number of carbonyl (C=O) groups excluding carboxylic acids is 1. The Balaban J connectivity index is 1.42. The third-order valence-corrected chi connectivity index (χ3v) is 5.33. The first kappa shape index (κ1) is 20.5. The van der Waals surface area contributed by atoms with Gasteiger partial charge in [-0.15, -0.1) is 10.2 Å². The lowest BCUT2D eigenvalue weighted by Crippen LogP contribution is -2.12. The first-order valence-corrected chi connectivity index (χ1v) is 10.5. The summed E-state index contributed by atoms with van der Waals surface area (Å²) in [4.78, 5) is 16.7. The van der Waals surface area contributed by atoms with Crippen LogP contribution in [-0.2, 0) is 4.79 Å². The predicted octanol–water partition coefficient (Wildman–Crippen LogP) is 5.82. The van der Waals surface area contributed by atoms with E-state index >= 15 is 0 Å². The number of thioether (sulfide) groups is 1. The van der Waals surface area contributed by atoms with Gasteiger partial charge in [-0.25, -0.2) is 4.98 Å². The summed E-state index contributed by atoms with van der Waals surface area (Å²) in [6.07, 6.45) is 3.35. The molecule has 0 aliphatic heterocycles. The fraction of sp³-hybridized carbons (Fsp3) is 0.100. The van der Waals surface area contributed by atoms with Crippen LogP contribution >= 0.6 is 35.0 Å².